The normalized spacial score (nSPS) is 17.4. The number of hydrogen-bond donors (Lipinski definition) is 1. The Morgan fingerprint density at radius 2 is 2.14 bits per heavy atom. The number of nitrogens with one attached hydrogen (secondary N) is 1. The van der Waals surface area contributed by atoms with Gasteiger partial charge in [-0.1, -0.05) is 0 Å². The number of likely N-dealkylation sites (N-methyl/N-ethyl adjacent to an activating group) is 1. The SMILES string of the molecule is CC(Cl)C(=O)N(C)CC(=O)NC1CC1. The number of carbonyl (C=O) groups excluding carboxylic acids is 2. The summed E-state index contributed by atoms with van der Waals surface area (Å²) in [6, 6.07) is 0.333. The van der Waals surface area contributed by atoms with E-state index in [1.807, 2.05) is 0 Å². The standard InChI is InChI=1S/C9H15ClN2O2/c1-6(10)9(14)12(2)5-8(13)11-7-3-4-7/h6-7H,3-5H2,1-2H3,(H,11,13). The van der Waals surface area contributed by atoms with E-state index in [2.05, 4.69) is 5.32 Å². The topological polar surface area (TPSA) is 49.4 Å². The Morgan fingerprint density at radius 1 is 1.57 bits per heavy atom. The summed E-state index contributed by atoms with van der Waals surface area (Å²) in [6.07, 6.45) is 2.10. The lowest BCUT2D eigenvalue weighted by atomic mass is 10.4. The van der Waals surface area contributed by atoms with Gasteiger partial charge in [0.05, 0.1) is 6.54 Å². The van der Waals surface area contributed by atoms with Crippen molar-refractivity contribution >= 4 is 23.4 Å². The molecule has 2 amide bonds. The van der Waals surface area contributed by atoms with Gasteiger partial charge in [-0.2, -0.15) is 0 Å². The van der Waals surface area contributed by atoms with Crippen LogP contribution in [0.4, 0.5) is 0 Å². The van der Waals surface area contributed by atoms with Crippen LogP contribution in [0.5, 0.6) is 0 Å². The van der Waals surface area contributed by atoms with Gasteiger partial charge in [0.25, 0.3) is 0 Å². The van der Waals surface area contributed by atoms with E-state index >= 15 is 0 Å². The van der Waals surface area contributed by atoms with Crippen LogP contribution in [0.2, 0.25) is 0 Å². The van der Waals surface area contributed by atoms with Crippen LogP contribution in [-0.4, -0.2) is 41.7 Å². The Bertz CT molecular complexity index is 239. The van der Waals surface area contributed by atoms with Crippen LogP contribution in [0, 0.1) is 0 Å². The molecule has 1 aliphatic carbocycles. The molecule has 80 valence electrons. The monoisotopic (exact) mass is 218 g/mol. The summed E-state index contributed by atoms with van der Waals surface area (Å²) in [5, 5.41) is 2.23. The third-order valence-electron chi connectivity index (χ3n) is 2.04. The smallest absolute Gasteiger partial charge is 0.240 e. The Kier molecular flexibility index (Phi) is 3.75. The van der Waals surface area contributed by atoms with Gasteiger partial charge in [-0.05, 0) is 19.8 Å². The van der Waals surface area contributed by atoms with E-state index in [1.54, 1.807) is 14.0 Å². The molecule has 1 fully saturated rings. The number of carbonyl (C=O) groups is 2. The summed E-state index contributed by atoms with van der Waals surface area (Å²) in [5.41, 5.74) is 0. The first-order valence-corrected chi connectivity index (χ1v) is 5.12. The van der Waals surface area contributed by atoms with Crippen molar-refractivity contribution in [3.05, 3.63) is 0 Å². The summed E-state index contributed by atoms with van der Waals surface area (Å²) in [6.45, 7) is 1.69. The lowest BCUT2D eigenvalue weighted by Gasteiger charge is -2.17. The Morgan fingerprint density at radius 3 is 2.57 bits per heavy atom. The Balaban J connectivity index is 2.27. The second-order valence-corrected chi connectivity index (χ2v) is 4.31. The van der Waals surface area contributed by atoms with Crippen molar-refractivity contribution in [3.63, 3.8) is 0 Å². The molecule has 0 saturated heterocycles. The highest BCUT2D eigenvalue weighted by atomic mass is 35.5. The minimum atomic E-state index is -0.575. The second kappa shape index (κ2) is 4.64. The van der Waals surface area contributed by atoms with E-state index in [0.717, 1.165) is 12.8 Å². The zero-order valence-electron chi connectivity index (χ0n) is 8.42. The fraction of sp³-hybridized carbons (Fsp3) is 0.778. The van der Waals surface area contributed by atoms with Crippen LogP contribution < -0.4 is 5.32 Å². The van der Waals surface area contributed by atoms with E-state index in [-0.39, 0.29) is 18.4 Å². The largest absolute Gasteiger partial charge is 0.352 e. The van der Waals surface area contributed by atoms with Gasteiger partial charge in [-0.25, -0.2) is 0 Å². The molecule has 1 N–H and O–H groups in total. The number of amides is 2. The highest BCUT2D eigenvalue weighted by molar-refractivity contribution is 6.30. The van der Waals surface area contributed by atoms with Crippen molar-refractivity contribution < 1.29 is 9.59 Å². The van der Waals surface area contributed by atoms with Crippen molar-refractivity contribution in [1.82, 2.24) is 10.2 Å². The van der Waals surface area contributed by atoms with Gasteiger partial charge >= 0.3 is 0 Å². The predicted octanol–water partition coefficient (Wildman–Crippen LogP) is 0.351. The van der Waals surface area contributed by atoms with Crippen LogP contribution in [0.25, 0.3) is 0 Å². The molecule has 0 aromatic rings. The summed E-state index contributed by atoms with van der Waals surface area (Å²) in [7, 11) is 1.58. The average molecular weight is 219 g/mol. The molecule has 1 unspecified atom stereocenters. The molecule has 0 radical (unpaired) electrons. The first-order chi connectivity index (χ1) is 6.50. The van der Waals surface area contributed by atoms with E-state index in [4.69, 9.17) is 11.6 Å². The molecule has 0 bridgehead atoms. The number of alkyl halides is 1. The lowest BCUT2D eigenvalue weighted by molar-refractivity contribution is -0.134. The van der Waals surface area contributed by atoms with Crippen LogP contribution in [0.1, 0.15) is 19.8 Å². The molecule has 14 heavy (non-hydrogen) atoms. The van der Waals surface area contributed by atoms with Crippen molar-refractivity contribution in [2.24, 2.45) is 0 Å². The molecule has 1 rings (SSSR count). The summed E-state index contributed by atoms with van der Waals surface area (Å²) >= 11 is 5.60. The van der Waals surface area contributed by atoms with E-state index < -0.39 is 5.38 Å². The zero-order chi connectivity index (χ0) is 10.7. The van der Waals surface area contributed by atoms with Gasteiger partial charge < -0.3 is 10.2 Å². The van der Waals surface area contributed by atoms with Gasteiger partial charge in [0, 0.05) is 13.1 Å². The van der Waals surface area contributed by atoms with Crippen molar-refractivity contribution in [3.8, 4) is 0 Å². The number of nitrogens with zero attached hydrogens (tertiary/aromatic N) is 1. The minimum Gasteiger partial charge on any atom is -0.352 e. The molecule has 1 aliphatic rings. The van der Waals surface area contributed by atoms with Crippen LogP contribution >= 0.6 is 11.6 Å². The van der Waals surface area contributed by atoms with Crippen LogP contribution in [-0.2, 0) is 9.59 Å². The molecule has 0 aromatic carbocycles. The maximum absolute atomic E-state index is 11.3. The molecule has 4 nitrogen and oxygen atoms in total. The van der Waals surface area contributed by atoms with Gasteiger partial charge in [-0.15, -0.1) is 11.6 Å². The van der Waals surface area contributed by atoms with Crippen molar-refractivity contribution in [1.29, 1.82) is 0 Å². The molecule has 5 heteroatoms. The first kappa shape index (κ1) is 11.3. The molecule has 0 aromatic heterocycles. The fourth-order valence-corrected chi connectivity index (χ4v) is 1.26. The summed E-state index contributed by atoms with van der Waals surface area (Å²) in [4.78, 5) is 23.9. The Hall–Kier alpha value is -0.770. The van der Waals surface area contributed by atoms with Gasteiger partial charge in [-0.3, -0.25) is 9.59 Å². The van der Waals surface area contributed by atoms with E-state index in [0.29, 0.717) is 6.04 Å². The number of halogens is 1. The number of rotatable bonds is 4. The molecule has 0 spiro atoms. The number of hydrogen-bond acceptors (Lipinski definition) is 2. The highest BCUT2D eigenvalue weighted by Gasteiger charge is 2.24. The third-order valence-corrected chi connectivity index (χ3v) is 2.23. The molecule has 1 saturated carbocycles. The minimum absolute atomic E-state index is 0.0897. The predicted molar refractivity (Wildman–Crippen MR) is 54.1 cm³/mol. The molecular formula is C9H15ClN2O2. The van der Waals surface area contributed by atoms with Gasteiger partial charge in [0.15, 0.2) is 0 Å². The molecule has 0 aliphatic heterocycles. The van der Waals surface area contributed by atoms with Gasteiger partial charge in [0.1, 0.15) is 5.38 Å². The maximum atomic E-state index is 11.3. The summed E-state index contributed by atoms with van der Waals surface area (Å²) in [5.74, 6) is -0.335. The quantitative estimate of drug-likeness (QED) is 0.693. The lowest BCUT2D eigenvalue weighted by Crippen LogP contribution is -2.41. The van der Waals surface area contributed by atoms with Gasteiger partial charge in [0.2, 0.25) is 11.8 Å². The molecule has 1 atom stereocenters. The first-order valence-electron chi connectivity index (χ1n) is 4.69. The zero-order valence-corrected chi connectivity index (χ0v) is 9.17. The van der Waals surface area contributed by atoms with E-state index in [9.17, 15) is 9.59 Å². The molecule has 0 heterocycles. The van der Waals surface area contributed by atoms with Crippen LogP contribution in [0.3, 0.4) is 0 Å². The average Bonchev–Trinajstić information content (AvgIpc) is 2.86. The molecular weight excluding hydrogens is 204 g/mol. The van der Waals surface area contributed by atoms with Crippen molar-refractivity contribution in [2.75, 3.05) is 13.6 Å². The Labute approximate surface area is 88.6 Å². The fourth-order valence-electron chi connectivity index (χ4n) is 1.10. The maximum Gasteiger partial charge on any atom is 0.240 e. The highest BCUT2D eigenvalue weighted by Crippen LogP contribution is 2.18. The summed E-state index contributed by atoms with van der Waals surface area (Å²) < 4.78 is 0. The second-order valence-electron chi connectivity index (χ2n) is 3.65. The van der Waals surface area contributed by atoms with Crippen LogP contribution in [0.15, 0.2) is 0 Å². The van der Waals surface area contributed by atoms with Crippen molar-refractivity contribution in [2.45, 2.75) is 31.2 Å². The third kappa shape index (κ3) is 3.54. The van der Waals surface area contributed by atoms with E-state index in [1.165, 1.54) is 4.90 Å².